The van der Waals surface area contributed by atoms with Crippen LogP contribution in [0.2, 0.25) is 0 Å². The molecule has 0 aliphatic carbocycles. The monoisotopic (exact) mass is 326 g/mol. The first-order valence-corrected chi connectivity index (χ1v) is 7.60. The Kier molecular flexibility index (Phi) is 4.55. The van der Waals surface area contributed by atoms with Gasteiger partial charge in [-0.25, -0.2) is 9.78 Å². The summed E-state index contributed by atoms with van der Waals surface area (Å²) in [6.07, 6.45) is 5.01. The minimum atomic E-state index is -0.655. The zero-order chi connectivity index (χ0) is 16.9. The third-order valence-corrected chi connectivity index (χ3v) is 3.82. The molecule has 3 amide bonds. The van der Waals surface area contributed by atoms with Gasteiger partial charge in [0, 0.05) is 49.8 Å². The molecule has 24 heavy (non-hydrogen) atoms. The molecule has 0 saturated carbocycles. The van der Waals surface area contributed by atoms with Gasteiger partial charge in [0.05, 0.1) is 6.20 Å². The van der Waals surface area contributed by atoms with Crippen LogP contribution in [0.1, 0.15) is 10.4 Å². The Balaban J connectivity index is 1.64. The number of amides is 3. The van der Waals surface area contributed by atoms with Crippen molar-refractivity contribution < 1.29 is 9.59 Å². The van der Waals surface area contributed by atoms with E-state index in [0.717, 1.165) is 5.82 Å². The van der Waals surface area contributed by atoms with E-state index in [1.807, 2.05) is 0 Å². The number of carbonyl (C=O) groups excluding carboxylic acids is 2. The fourth-order valence-electron chi connectivity index (χ4n) is 2.65. The van der Waals surface area contributed by atoms with Crippen molar-refractivity contribution in [1.82, 2.24) is 14.9 Å². The van der Waals surface area contributed by atoms with Gasteiger partial charge in [-0.2, -0.15) is 0 Å². The summed E-state index contributed by atoms with van der Waals surface area (Å²) in [4.78, 5) is 35.8. The van der Waals surface area contributed by atoms with E-state index >= 15 is 0 Å². The minimum absolute atomic E-state index is 0.0677. The molecule has 1 aromatic carbocycles. The van der Waals surface area contributed by atoms with Crippen LogP contribution in [-0.2, 0) is 0 Å². The summed E-state index contributed by atoms with van der Waals surface area (Å²) in [5.41, 5.74) is 6.13. The number of aromatic nitrogens is 2. The number of hydrogen-bond donors (Lipinski definition) is 2. The molecule has 0 spiro atoms. The van der Waals surface area contributed by atoms with E-state index in [-0.39, 0.29) is 5.91 Å². The normalized spacial score (nSPS) is 14.3. The molecule has 2 aromatic rings. The molecule has 2 heterocycles. The maximum absolute atomic E-state index is 12.6. The first-order chi connectivity index (χ1) is 11.6. The number of nitrogens with zero attached hydrogens (tertiary/aromatic N) is 4. The summed E-state index contributed by atoms with van der Waals surface area (Å²) < 4.78 is 0. The molecular weight excluding hydrogens is 308 g/mol. The van der Waals surface area contributed by atoms with Gasteiger partial charge in [0.2, 0.25) is 0 Å². The zero-order valence-electron chi connectivity index (χ0n) is 13.1. The summed E-state index contributed by atoms with van der Waals surface area (Å²) >= 11 is 0. The quantitative estimate of drug-likeness (QED) is 0.873. The van der Waals surface area contributed by atoms with Crippen molar-refractivity contribution in [3.8, 4) is 0 Å². The molecule has 0 unspecified atom stereocenters. The van der Waals surface area contributed by atoms with Crippen LogP contribution in [0.3, 0.4) is 0 Å². The van der Waals surface area contributed by atoms with Crippen molar-refractivity contribution in [2.75, 3.05) is 36.4 Å². The number of piperazine rings is 1. The molecule has 8 nitrogen and oxygen atoms in total. The minimum Gasteiger partial charge on any atom is -0.352 e. The lowest BCUT2D eigenvalue weighted by atomic mass is 10.1. The number of carbonyl (C=O) groups is 2. The maximum Gasteiger partial charge on any atom is 0.316 e. The van der Waals surface area contributed by atoms with Crippen LogP contribution in [0.25, 0.3) is 0 Å². The largest absolute Gasteiger partial charge is 0.352 e. The summed E-state index contributed by atoms with van der Waals surface area (Å²) in [6.45, 7) is 2.60. The van der Waals surface area contributed by atoms with Gasteiger partial charge in [0.1, 0.15) is 5.82 Å². The average molecular weight is 326 g/mol. The lowest BCUT2D eigenvalue weighted by Gasteiger charge is -2.35. The molecular formula is C16H18N6O2. The predicted octanol–water partition coefficient (Wildman–Crippen LogP) is 0.930. The van der Waals surface area contributed by atoms with E-state index in [1.54, 1.807) is 47.8 Å². The zero-order valence-corrected chi connectivity index (χ0v) is 13.1. The molecule has 0 radical (unpaired) electrons. The van der Waals surface area contributed by atoms with Gasteiger partial charge in [-0.3, -0.25) is 9.78 Å². The molecule has 1 aliphatic heterocycles. The highest BCUT2D eigenvalue weighted by Crippen LogP contribution is 2.16. The number of anilines is 2. The van der Waals surface area contributed by atoms with Crippen molar-refractivity contribution in [2.24, 2.45) is 5.73 Å². The molecule has 124 valence electrons. The van der Waals surface area contributed by atoms with Crippen molar-refractivity contribution >= 4 is 23.4 Å². The summed E-state index contributed by atoms with van der Waals surface area (Å²) in [5, 5.41) is 2.48. The molecule has 1 aromatic heterocycles. The molecule has 8 heteroatoms. The van der Waals surface area contributed by atoms with Gasteiger partial charge in [-0.1, -0.05) is 6.07 Å². The van der Waals surface area contributed by atoms with Gasteiger partial charge in [-0.05, 0) is 18.2 Å². The first-order valence-electron chi connectivity index (χ1n) is 7.60. The maximum atomic E-state index is 12.6. The van der Waals surface area contributed by atoms with Crippen LogP contribution >= 0.6 is 0 Å². The van der Waals surface area contributed by atoms with Gasteiger partial charge in [0.15, 0.2) is 0 Å². The highest BCUT2D eigenvalue weighted by atomic mass is 16.2. The van der Waals surface area contributed by atoms with Crippen LogP contribution in [0.15, 0.2) is 42.9 Å². The third kappa shape index (κ3) is 3.60. The van der Waals surface area contributed by atoms with E-state index < -0.39 is 6.03 Å². The number of nitrogens with one attached hydrogen (secondary N) is 1. The number of rotatable bonds is 3. The molecule has 0 bridgehead atoms. The van der Waals surface area contributed by atoms with E-state index in [1.165, 1.54) is 0 Å². The highest BCUT2D eigenvalue weighted by molar-refractivity contribution is 5.96. The van der Waals surface area contributed by atoms with E-state index in [2.05, 4.69) is 20.2 Å². The van der Waals surface area contributed by atoms with Gasteiger partial charge in [0.25, 0.3) is 5.91 Å². The number of hydrogen-bond acceptors (Lipinski definition) is 5. The van der Waals surface area contributed by atoms with Crippen LogP contribution in [0.4, 0.5) is 16.3 Å². The Morgan fingerprint density at radius 3 is 2.58 bits per heavy atom. The van der Waals surface area contributed by atoms with Gasteiger partial charge in [-0.15, -0.1) is 0 Å². The Hall–Kier alpha value is -3.16. The van der Waals surface area contributed by atoms with E-state index in [4.69, 9.17) is 5.73 Å². The standard InChI is InChI=1S/C16H18N6O2/c17-16(24)20-13-3-1-2-12(10-13)15(23)22-8-6-21(7-9-22)14-11-18-4-5-19-14/h1-5,10-11H,6-9H2,(H3,17,20,24). The third-order valence-electron chi connectivity index (χ3n) is 3.82. The summed E-state index contributed by atoms with van der Waals surface area (Å²) in [6, 6.07) is 6.10. The second-order valence-corrected chi connectivity index (χ2v) is 5.41. The summed E-state index contributed by atoms with van der Waals surface area (Å²) in [5.74, 6) is 0.749. The van der Waals surface area contributed by atoms with Crippen LogP contribution < -0.4 is 16.0 Å². The SMILES string of the molecule is NC(=O)Nc1cccc(C(=O)N2CCN(c3cnccn3)CC2)c1. The number of nitrogens with two attached hydrogens (primary N) is 1. The molecule has 0 atom stereocenters. The Bertz CT molecular complexity index is 728. The highest BCUT2D eigenvalue weighted by Gasteiger charge is 2.23. The lowest BCUT2D eigenvalue weighted by molar-refractivity contribution is 0.0746. The molecule has 3 rings (SSSR count). The van der Waals surface area contributed by atoms with E-state index in [9.17, 15) is 9.59 Å². The van der Waals surface area contributed by atoms with Crippen molar-refractivity contribution in [3.63, 3.8) is 0 Å². The fourth-order valence-corrected chi connectivity index (χ4v) is 2.65. The number of urea groups is 1. The lowest BCUT2D eigenvalue weighted by Crippen LogP contribution is -2.49. The van der Waals surface area contributed by atoms with Crippen LogP contribution in [-0.4, -0.2) is 53.0 Å². The molecule has 1 aliphatic rings. The Labute approximate surface area is 139 Å². The topological polar surface area (TPSA) is 104 Å². The van der Waals surface area contributed by atoms with Crippen molar-refractivity contribution in [2.45, 2.75) is 0 Å². The second-order valence-electron chi connectivity index (χ2n) is 5.41. The Morgan fingerprint density at radius 1 is 1.12 bits per heavy atom. The molecule has 1 saturated heterocycles. The second kappa shape index (κ2) is 6.95. The van der Waals surface area contributed by atoms with E-state index in [0.29, 0.717) is 37.4 Å². The number of benzene rings is 1. The Morgan fingerprint density at radius 2 is 1.92 bits per heavy atom. The molecule has 1 fully saturated rings. The smallest absolute Gasteiger partial charge is 0.316 e. The van der Waals surface area contributed by atoms with Crippen LogP contribution in [0.5, 0.6) is 0 Å². The number of primary amides is 1. The van der Waals surface area contributed by atoms with Gasteiger partial charge >= 0.3 is 6.03 Å². The predicted molar refractivity (Wildman–Crippen MR) is 89.8 cm³/mol. The van der Waals surface area contributed by atoms with Crippen molar-refractivity contribution in [3.05, 3.63) is 48.4 Å². The van der Waals surface area contributed by atoms with Crippen LogP contribution in [0, 0.1) is 0 Å². The first kappa shape index (κ1) is 15.7. The van der Waals surface area contributed by atoms with Gasteiger partial charge < -0.3 is 20.9 Å². The molecule has 3 N–H and O–H groups in total. The van der Waals surface area contributed by atoms with Crippen molar-refractivity contribution in [1.29, 1.82) is 0 Å². The summed E-state index contributed by atoms with van der Waals surface area (Å²) in [7, 11) is 0. The fraction of sp³-hybridized carbons (Fsp3) is 0.250. The average Bonchev–Trinajstić information content (AvgIpc) is 2.62.